The average molecular weight is 299 g/mol. The standard InChI is InChI=1S/C18H25N3O/c1-4-19-18(22)21(15(2)3)14-17-11-8-12-20(17)13-16-9-6-5-7-10-16/h5-12,15H,4,13-14H2,1-3H3,(H,19,22). The second-order valence-corrected chi connectivity index (χ2v) is 5.67. The van der Waals surface area contributed by atoms with Gasteiger partial charge < -0.3 is 14.8 Å². The summed E-state index contributed by atoms with van der Waals surface area (Å²) in [5.74, 6) is 0. The van der Waals surface area contributed by atoms with E-state index in [0.717, 1.165) is 12.2 Å². The van der Waals surface area contributed by atoms with Crippen LogP contribution in [0.25, 0.3) is 0 Å². The van der Waals surface area contributed by atoms with Crippen LogP contribution in [0.5, 0.6) is 0 Å². The zero-order chi connectivity index (χ0) is 15.9. The maximum atomic E-state index is 12.2. The van der Waals surface area contributed by atoms with Crippen LogP contribution in [0.2, 0.25) is 0 Å². The molecule has 2 rings (SSSR count). The van der Waals surface area contributed by atoms with Gasteiger partial charge in [-0.25, -0.2) is 4.79 Å². The van der Waals surface area contributed by atoms with Gasteiger partial charge in [0.05, 0.1) is 6.54 Å². The molecule has 0 saturated carbocycles. The molecule has 2 amide bonds. The van der Waals surface area contributed by atoms with Crippen molar-refractivity contribution in [2.24, 2.45) is 0 Å². The maximum Gasteiger partial charge on any atom is 0.317 e. The number of carbonyl (C=O) groups excluding carboxylic acids is 1. The van der Waals surface area contributed by atoms with Crippen molar-refractivity contribution in [3.63, 3.8) is 0 Å². The average Bonchev–Trinajstić information content (AvgIpc) is 2.92. The van der Waals surface area contributed by atoms with Gasteiger partial charge in [-0.05, 0) is 38.5 Å². The van der Waals surface area contributed by atoms with Crippen LogP contribution in [-0.4, -0.2) is 28.1 Å². The van der Waals surface area contributed by atoms with Crippen LogP contribution in [-0.2, 0) is 13.1 Å². The molecule has 1 heterocycles. The first-order valence-electron chi connectivity index (χ1n) is 7.84. The van der Waals surface area contributed by atoms with E-state index in [1.54, 1.807) is 0 Å². The van der Waals surface area contributed by atoms with Crippen molar-refractivity contribution in [3.8, 4) is 0 Å². The summed E-state index contributed by atoms with van der Waals surface area (Å²) >= 11 is 0. The molecule has 118 valence electrons. The number of urea groups is 1. The number of nitrogens with zero attached hydrogens (tertiary/aromatic N) is 2. The number of amides is 2. The van der Waals surface area contributed by atoms with Gasteiger partial charge in [-0.1, -0.05) is 30.3 Å². The number of rotatable bonds is 6. The minimum Gasteiger partial charge on any atom is -0.345 e. The summed E-state index contributed by atoms with van der Waals surface area (Å²) in [4.78, 5) is 14.0. The van der Waals surface area contributed by atoms with E-state index in [-0.39, 0.29) is 12.1 Å². The highest BCUT2D eigenvalue weighted by molar-refractivity contribution is 5.74. The highest BCUT2D eigenvalue weighted by atomic mass is 16.2. The number of hydrogen-bond acceptors (Lipinski definition) is 1. The molecule has 2 aromatic rings. The summed E-state index contributed by atoms with van der Waals surface area (Å²) in [6, 6.07) is 14.6. The van der Waals surface area contributed by atoms with Gasteiger partial charge in [0.25, 0.3) is 0 Å². The van der Waals surface area contributed by atoms with E-state index >= 15 is 0 Å². The monoisotopic (exact) mass is 299 g/mol. The Labute approximate surface area is 132 Å². The molecule has 0 spiro atoms. The summed E-state index contributed by atoms with van der Waals surface area (Å²) in [5.41, 5.74) is 2.40. The fourth-order valence-corrected chi connectivity index (χ4v) is 2.44. The third-order valence-electron chi connectivity index (χ3n) is 3.66. The molecular formula is C18H25N3O. The zero-order valence-electron chi connectivity index (χ0n) is 13.6. The number of aromatic nitrogens is 1. The highest BCUT2D eigenvalue weighted by Crippen LogP contribution is 2.12. The molecule has 0 atom stereocenters. The lowest BCUT2D eigenvalue weighted by Gasteiger charge is -2.27. The molecule has 22 heavy (non-hydrogen) atoms. The summed E-state index contributed by atoms with van der Waals surface area (Å²) in [5, 5.41) is 2.89. The fourth-order valence-electron chi connectivity index (χ4n) is 2.44. The third-order valence-corrected chi connectivity index (χ3v) is 3.66. The first kappa shape index (κ1) is 16.1. The van der Waals surface area contributed by atoms with Gasteiger partial charge in [-0.2, -0.15) is 0 Å². The molecule has 0 unspecified atom stereocenters. The van der Waals surface area contributed by atoms with Gasteiger partial charge >= 0.3 is 6.03 Å². The molecule has 0 aliphatic carbocycles. The Bertz CT molecular complexity index is 589. The molecule has 4 heteroatoms. The van der Waals surface area contributed by atoms with Gasteiger partial charge in [-0.15, -0.1) is 0 Å². The molecule has 0 bridgehead atoms. The Balaban J connectivity index is 2.12. The molecule has 1 N–H and O–H groups in total. The smallest absolute Gasteiger partial charge is 0.317 e. The lowest BCUT2D eigenvalue weighted by Crippen LogP contribution is -2.43. The van der Waals surface area contributed by atoms with E-state index in [1.165, 1.54) is 5.56 Å². The summed E-state index contributed by atoms with van der Waals surface area (Å²) < 4.78 is 2.20. The first-order valence-corrected chi connectivity index (χ1v) is 7.84. The minimum atomic E-state index is -0.00930. The SMILES string of the molecule is CCNC(=O)N(Cc1cccn1Cc1ccccc1)C(C)C. The predicted octanol–water partition coefficient (Wildman–Crippen LogP) is 3.48. The topological polar surface area (TPSA) is 37.3 Å². The van der Waals surface area contributed by atoms with Crippen LogP contribution in [0.1, 0.15) is 32.0 Å². The van der Waals surface area contributed by atoms with Crippen molar-refractivity contribution in [1.29, 1.82) is 0 Å². The maximum absolute atomic E-state index is 12.2. The normalized spacial score (nSPS) is 10.7. The second kappa shape index (κ2) is 7.69. The largest absolute Gasteiger partial charge is 0.345 e. The third kappa shape index (κ3) is 4.13. The first-order chi connectivity index (χ1) is 10.6. The van der Waals surface area contributed by atoms with E-state index in [4.69, 9.17) is 0 Å². The Morgan fingerprint density at radius 1 is 1.18 bits per heavy atom. The number of hydrogen-bond donors (Lipinski definition) is 1. The molecule has 0 saturated heterocycles. The molecule has 0 radical (unpaired) electrons. The molecule has 0 aliphatic heterocycles. The van der Waals surface area contributed by atoms with Crippen LogP contribution >= 0.6 is 0 Å². The van der Waals surface area contributed by atoms with Crippen molar-refractivity contribution >= 4 is 6.03 Å². The van der Waals surface area contributed by atoms with Crippen molar-refractivity contribution in [1.82, 2.24) is 14.8 Å². The van der Waals surface area contributed by atoms with E-state index in [0.29, 0.717) is 13.1 Å². The number of carbonyl (C=O) groups is 1. The lowest BCUT2D eigenvalue weighted by molar-refractivity contribution is 0.178. The van der Waals surface area contributed by atoms with E-state index in [9.17, 15) is 4.79 Å². The Morgan fingerprint density at radius 3 is 2.55 bits per heavy atom. The van der Waals surface area contributed by atoms with Crippen LogP contribution in [0.4, 0.5) is 4.79 Å². The van der Waals surface area contributed by atoms with Gasteiger partial charge in [0.15, 0.2) is 0 Å². The summed E-state index contributed by atoms with van der Waals surface area (Å²) in [6.45, 7) is 8.11. The molecule has 4 nitrogen and oxygen atoms in total. The second-order valence-electron chi connectivity index (χ2n) is 5.67. The van der Waals surface area contributed by atoms with Crippen LogP contribution in [0.3, 0.4) is 0 Å². The van der Waals surface area contributed by atoms with Crippen molar-refractivity contribution in [2.45, 2.75) is 39.9 Å². The van der Waals surface area contributed by atoms with E-state index < -0.39 is 0 Å². The van der Waals surface area contributed by atoms with Crippen molar-refractivity contribution in [3.05, 3.63) is 59.9 Å². The Kier molecular flexibility index (Phi) is 5.64. The molecular weight excluding hydrogens is 274 g/mol. The molecule has 0 aliphatic rings. The quantitative estimate of drug-likeness (QED) is 0.871. The highest BCUT2D eigenvalue weighted by Gasteiger charge is 2.17. The van der Waals surface area contributed by atoms with Gasteiger partial charge in [0.1, 0.15) is 0 Å². The molecule has 1 aromatic carbocycles. The van der Waals surface area contributed by atoms with Crippen LogP contribution < -0.4 is 5.32 Å². The summed E-state index contributed by atoms with van der Waals surface area (Å²) in [6.07, 6.45) is 2.07. The Hall–Kier alpha value is -2.23. The lowest BCUT2D eigenvalue weighted by atomic mass is 10.2. The van der Waals surface area contributed by atoms with E-state index in [2.05, 4.69) is 34.3 Å². The van der Waals surface area contributed by atoms with Crippen molar-refractivity contribution in [2.75, 3.05) is 6.54 Å². The van der Waals surface area contributed by atoms with Crippen LogP contribution in [0, 0.1) is 0 Å². The van der Waals surface area contributed by atoms with E-state index in [1.807, 2.05) is 49.9 Å². The molecule has 1 aromatic heterocycles. The summed E-state index contributed by atoms with van der Waals surface area (Å²) in [7, 11) is 0. The van der Waals surface area contributed by atoms with Gasteiger partial charge in [-0.3, -0.25) is 0 Å². The van der Waals surface area contributed by atoms with Gasteiger partial charge in [0.2, 0.25) is 0 Å². The number of benzene rings is 1. The van der Waals surface area contributed by atoms with Gasteiger partial charge in [0, 0.05) is 31.0 Å². The number of nitrogens with one attached hydrogen (secondary N) is 1. The van der Waals surface area contributed by atoms with Crippen LogP contribution in [0.15, 0.2) is 48.7 Å². The fraction of sp³-hybridized carbons (Fsp3) is 0.389. The minimum absolute atomic E-state index is 0.00930. The zero-order valence-corrected chi connectivity index (χ0v) is 13.6. The Morgan fingerprint density at radius 2 is 1.91 bits per heavy atom. The molecule has 0 fully saturated rings. The predicted molar refractivity (Wildman–Crippen MR) is 89.7 cm³/mol. The van der Waals surface area contributed by atoms with Crippen molar-refractivity contribution < 1.29 is 4.79 Å².